The predicted molar refractivity (Wildman–Crippen MR) is 53.7 cm³/mol. The van der Waals surface area contributed by atoms with Crippen LogP contribution < -0.4 is 5.73 Å². The molecule has 0 amide bonds. The van der Waals surface area contributed by atoms with Gasteiger partial charge < -0.3 is 5.73 Å². The predicted octanol–water partition coefficient (Wildman–Crippen LogP) is 1.38. The molecule has 1 aromatic heterocycles. The number of thiazole rings is 1. The van der Waals surface area contributed by atoms with Crippen LogP contribution >= 0.6 is 11.3 Å². The Bertz CT molecular complexity index is 259. The summed E-state index contributed by atoms with van der Waals surface area (Å²) in [5.74, 6) is 0.207. The van der Waals surface area contributed by atoms with Crippen LogP contribution in [-0.4, -0.2) is 16.8 Å². The molecular weight excluding hydrogens is 184 g/mol. The largest absolute Gasteiger partial charge is 0.327 e. The molecule has 1 rings (SSSR count). The van der Waals surface area contributed by atoms with Gasteiger partial charge in [0.25, 0.3) is 0 Å². The van der Waals surface area contributed by atoms with E-state index in [0.717, 1.165) is 11.3 Å². The Morgan fingerprint density at radius 1 is 1.77 bits per heavy atom. The van der Waals surface area contributed by atoms with Crippen LogP contribution in [0.15, 0.2) is 11.7 Å². The van der Waals surface area contributed by atoms with Gasteiger partial charge in [0, 0.05) is 30.0 Å². The van der Waals surface area contributed by atoms with Crippen molar-refractivity contribution in [2.24, 2.45) is 5.73 Å². The van der Waals surface area contributed by atoms with Gasteiger partial charge in [-0.15, -0.1) is 11.3 Å². The minimum atomic E-state index is 0.0143. The zero-order valence-electron chi connectivity index (χ0n) is 7.69. The third-order valence-corrected chi connectivity index (χ3v) is 2.65. The van der Waals surface area contributed by atoms with Gasteiger partial charge in [-0.1, -0.05) is 6.92 Å². The summed E-state index contributed by atoms with van der Waals surface area (Å²) in [4.78, 5) is 16.3. The standard InChI is InChI=1S/C9H14N2OS/c1-2-7(10)3-8(12)4-9-5-11-6-13-9/h5-7H,2-4,10H2,1H3. The van der Waals surface area contributed by atoms with Crippen molar-refractivity contribution in [1.82, 2.24) is 4.98 Å². The molecule has 3 nitrogen and oxygen atoms in total. The van der Waals surface area contributed by atoms with Crippen LogP contribution in [0.25, 0.3) is 0 Å². The lowest BCUT2D eigenvalue weighted by atomic mass is 10.1. The molecule has 0 spiro atoms. The van der Waals surface area contributed by atoms with Crippen LogP contribution in [-0.2, 0) is 11.2 Å². The molecule has 13 heavy (non-hydrogen) atoms. The smallest absolute Gasteiger partial charge is 0.139 e. The van der Waals surface area contributed by atoms with E-state index in [4.69, 9.17) is 5.73 Å². The summed E-state index contributed by atoms with van der Waals surface area (Å²) < 4.78 is 0. The second-order valence-corrected chi connectivity index (χ2v) is 4.03. The number of ketones is 1. The highest BCUT2D eigenvalue weighted by Crippen LogP contribution is 2.08. The summed E-state index contributed by atoms with van der Waals surface area (Å²) >= 11 is 1.51. The summed E-state index contributed by atoms with van der Waals surface area (Å²) in [5, 5.41) is 0. The van der Waals surface area contributed by atoms with Gasteiger partial charge in [-0.25, -0.2) is 0 Å². The SMILES string of the molecule is CCC(N)CC(=O)Cc1cncs1. The number of carbonyl (C=O) groups excluding carboxylic acids is 1. The quantitative estimate of drug-likeness (QED) is 0.777. The van der Waals surface area contributed by atoms with Gasteiger partial charge in [-0.2, -0.15) is 0 Å². The molecule has 1 unspecified atom stereocenters. The number of rotatable bonds is 5. The normalized spacial score (nSPS) is 12.8. The van der Waals surface area contributed by atoms with E-state index < -0.39 is 0 Å². The van der Waals surface area contributed by atoms with Gasteiger partial charge in [-0.05, 0) is 6.42 Å². The van der Waals surface area contributed by atoms with E-state index in [1.54, 1.807) is 11.7 Å². The van der Waals surface area contributed by atoms with Crippen LogP contribution in [0, 0.1) is 0 Å². The summed E-state index contributed by atoms with van der Waals surface area (Å²) in [6.45, 7) is 1.99. The Morgan fingerprint density at radius 2 is 2.54 bits per heavy atom. The molecule has 0 radical (unpaired) electrons. The summed E-state index contributed by atoms with van der Waals surface area (Å²) in [7, 11) is 0. The minimum Gasteiger partial charge on any atom is -0.327 e. The van der Waals surface area contributed by atoms with Crippen LogP contribution in [0.4, 0.5) is 0 Å². The molecule has 72 valence electrons. The molecule has 2 N–H and O–H groups in total. The average molecular weight is 198 g/mol. The first-order chi connectivity index (χ1) is 6.22. The van der Waals surface area contributed by atoms with Gasteiger partial charge >= 0.3 is 0 Å². The number of carbonyl (C=O) groups is 1. The Morgan fingerprint density at radius 3 is 3.08 bits per heavy atom. The Hall–Kier alpha value is -0.740. The van der Waals surface area contributed by atoms with Crippen molar-refractivity contribution in [2.75, 3.05) is 0 Å². The third kappa shape index (κ3) is 3.65. The maximum absolute atomic E-state index is 11.4. The van der Waals surface area contributed by atoms with Crippen LogP contribution in [0.1, 0.15) is 24.6 Å². The Balaban J connectivity index is 2.34. The second kappa shape index (κ2) is 5.09. The molecular formula is C9H14N2OS. The number of nitrogens with two attached hydrogens (primary N) is 1. The van der Waals surface area contributed by atoms with Crippen molar-refractivity contribution < 1.29 is 4.79 Å². The fourth-order valence-electron chi connectivity index (χ4n) is 1.03. The molecule has 1 aromatic rings. The van der Waals surface area contributed by atoms with E-state index in [2.05, 4.69) is 4.98 Å². The maximum atomic E-state index is 11.4. The molecule has 1 heterocycles. The molecule has 0 fully saturated rings. The molecule has 0 saturated heterocycles. The van der Waals surface area contributed by atoms with Gasteiger partial charge in [0.1, 0.15) is 5.78 Å². The first kappa shape index (κ1) is 10.3. The van der Waals surface area contributed by atoms with Crippen molar-refractivity contribution >= 4 is 17.1 Å². The summed E-state index contributed by atoms with van der Waals surface area (Å²) in [5.41, 5.74) is 7.41. The van der Waals surface area contributed by atoms with Crippen molar-refractivity contribution in [2.45, 2.75) is 32.2 Å². The van der Waals surface area contributed by atoms with E-state index in [9.17, 15) is 4.79 Å². The molecule has 0 saturated carbocycles. The van der Waals surface area contributed by atoms with E-state index in [-0.39, 0.29) is 11.8 Å². The second-order valence-electron chi connectivity index (χ2n) is 3.06. The number of hydrogen-bond acceptors (Lipinski definition) is 4. The first-order valence-corrected chi connectivity index (χ1v) is 5.25. The van der Waals surface area contributed by atoms with E-state index >= 15 is 0 Å². The zero-order valence-corrected chi connectivity index (χ0v) is 8.51. The molecule has 0 aromatic carbocycles. The Kier molecular flexibility index (Phi) is 4.05. The lowest BCUT2D eigenvalue weighted by molar-refractivity contribution is -0.118. The first-order valence-electron chi connectivity index (χ1n) is 4.37. The van der Waals surface area contributed by atoms with Crippen LogP contribution in [0.3, 0.4) is 0 Å². The highest BCUT2D eigenvalue weighted by molar-refractivity contribution is 7.09. The van der Waals surface area contributed by atoms with Gasteiger partial charge in [0.05, 0.1) is 5.51 Å². The number of Topliss-reactive ketones (excluding diaryl/α,β-unsaturated/α-hetero) is 1. The third-order valence-electron chi connectivity index (χ3n) is 1.87. The molecule has 4 heteroatoms. The highest BCUT2D eigenvalue weighted by Gasteiger charge is 2.09. The van der Waals surface area contributed by atoms with Crippen molar-refractivity contribution in [3.05, 3.63) is 16.6 Å². The van der Waals surface area contributed by atoms with E-state index in [0.29, 0.717) is 12.8 Å². The fourth-order valence-corrected chi connectivity index (χ4v) is 1.66. The molecule has 0 aliphatic rings. The number of hydrogen-bond donors (Lipinski definition) is 1. The van der Waals surface area contributed by atoms with Crippen molar-refractivity contribution in [3.63, 3.8) is 0 Å². The average Bonchev–Trinajstić information content (AvgIpc) is 2.56. The lowest BCUT2D eigenvalue weighted by Gasteiger charge is -2.05. The van der Waals surface area contributed by atoms with Gasteiger partial charge in [-0.3, -0.25) is 9.78 Å². The van der Waals surface area contributed by atoms with E-state index in [1.807, 2.05) is 6.92 Å². The minimum absolute atomic E-state index is 0.0143. The maximum Gasteiger partial charge on any atom is 0.139 e. The molecule has 0 aliphatic heterocycles. The van der Waals surface area contributed by atoms with Crippen LogP contribution in [0.5, 0.6) is 0 Å². The van der Waals surface area contributed by atoms with Crippen molar-refractivity contribution in [3.8, 4) is 0 Å². The fraction of sp³-hybridized carbons (Fsp3) is 0.556. The molecule has 0 bridgehead atoms. The number of nitrogens with zero attached hydrogens (tertiary/aromatic N) is 1. The molecule has 1 atom stereocenters. The van der Waals surface area contributed by atoms with Crippen molar-refractivity contribution in [1.29, 1.82) is 0 Å². The summed E-state index contributed by atoms with van der Waals surface area (Å²) in [6.07, 6.45) is 3.56. The summed E-state index contributed by atoms with van der Waals surface area (Å²) in [6, 6.07) is 0.0143. The molecule has 0 aliphatic carbocycles. The van der Waals surface area contributed by atoms with Crippen LogP contribution in [0.2, 0.25) is 0 Å². The van der Waals surface area contributed by atoms with Gasteiger partial charge in [0.2, 0.25) is 0 Å². The Labute approximate surface area is 82.0 Å². The topological polar surface area (TPSA) is 56.0 Å². The van der Waals surface area contributed by atoms with Gasteiger partial charge in [0.15, 0.2) is 0 Å². The highest BCUT2D eigenvalue weighted by atomic mass is 32.1. The number of aromatic nitrogens is 1. The zero-order chi connectivity index (χ0) is 9.68. The van der Waals surface area contributed by atoms with E-state index in [1.165, 1.54) is 11.3 Å². The lowest BCUT2D eigenvalue weighted by Crippen LogP contribution is -2.23. The monoisotopic (exact) mass is 198 g/mol.